The number of aromatic nitrogens is 2. The van der Waals surface area contributed by atoms with Gasteiger partial charge < -0.3 is 15.1 Å². The van der Waals surface area contributed by atoms with Crippen molar-refractivity contribution in [3.63, 3.8) is 0 Å². The number of nitrogens with zero attached hydrogens (tertiary/aromatic N) is 2. The summed E-state index contributed by atoms with van der Waals surface area (Å²) in [6, 6.07) is 7.58. The number of hydrogen-bond donors (Lipinski definition) is 1. The second kappa shape index (κ2) is 9.38. The van der Waals surface area contributed by atoms with Gasteiger partial charge in [0.05, 0.1) is 16.7 Å². The standard InChI is InChI=1S/C16H22N2O6S/c19-12-8-3-1-2-4-9-13-23-15-16(18(20)24-17-15)25(21,22)14-10-6-5-7-11-14/h5-7,10-11,19H,1-4,8-9,12-13H2. The van der Waals surface area contributed by atoms with Crippen molar-refractivity contribution in [3.05, 3.63) is 35.5 Å². The van der Waals surface area contributed by atoms with Crippen LogP contribution in [0.5, 0.6) is 5.88 Å². The van der Waals surface area contributed by atoms with Gasteiger partial charge in [0.15, 0.2) is 0 Å². The Morgan fingerprint density at radius 2 is 1.72 bits per heavy atom. The van der Waals surface area contributed by atoms with Crippen LogP contribution in [0.25, 0.3) is 0 Å². The first-order valence-corrected chi connectivity index (χ1v) is 9.69. The van der Waals surface area contributed by atoms with Crippen molar-refractivity contribution in [1.29, 1.82) is 0 Å². The molecule has 138 valence electrons. The molecule has 1 aromatic heterocycles. The van der Waals surface area contributed by atoms with Crippen LogP contribution in [0.15, 0.2) is 44.9 Å². The Morgan fingerprint density at radius 1 is 1.08 bits per heavy atom. The highest BCUT2D eigenvalue weighted by atomic mass is 32.2. The average Bonchev–Trinajstić information content (AvgIpc) is 2.99. The molecule has 0 saturated heterocycles. The summed E-state index contributed by atoms with van der Waals surface area (Å²) >= 11 is 0. The van der Waals surface area contributed by atoms with E-state index in [1.165, 1.54) is 12.1 Å². The molecule has 1 heterocycles. The van der Waals surface area contributed by atoms with Crippen molar-refractivity contribution in [1.82, 2.24) is 5.16 Å². The summed E-state index contributed by atoms with van der Waals surface area (Å²) in [6.45, 7) is 0.451. The minimum atomic E-state index is -4.07. The highest BCUT2D eigenvalue weighted by Gasteiger charge is 2.35. The molecule has 0 atom stereocenters. The van der Waals surface area contributed by atoms with Crippen molar-refractivity contribution < 1.29 is 27.8 Å². The van der Waals surface area contributed by atoms with Crippen LogP contribution in [-0.4, -0.2) is 31.9 Å². The molecule has 0 fully saturated rings. The number of benzene rings is 1. The van der Waals surface area contributed by atoms with E-state index in [1.54, 1.807) is 18.2 Å². The minimum Gasteiger partial charge on any atom is -0.454 e. The lowest BCUT2D eigenvalue weighted by atomic mass is 10.1. The summed E-state index contributed by atoms with van der Waals surface area (Å²) in [4.78, 5) is -0.177. The van der Waals surface area contributed by atoms with Crippen molar-refractivity contribution in [2.24, 2.45) is 0 Å². The number of aliphatic hydroxyl groups is 1. The zero-order chi connectivity index (χ0) is 18.1. The molecule has 0 aliphatic heterocycles. The van der Waals surface area contributed by atoms with Gasteiger partial charge in [0, 0.05) is 6.61 Å². The molecule has 8 nitrogen and oxygen atoms in total. The van der Waals surface area contributed by atoms with Crippen LogP contribution in [0, 0.1) is 5.21 Å². The molecule has 0 bridgehead atoms. The number of aliphatic hydroxyl groups excluding tert-OH is 1. The van der Waals surface area contributed by atoms with Crippen LogP contribution in [0.4, 0.5) is 0 Å². The van der Waals surface area contributed by atoms with E-state index in [2.05, 4.69) is 9.79 Å². The Hall–Kier alpha value is -2.13. The molecule has 2 aromatic rings. The molecular weight excluding hydrogens is 348 g/mol. The Bertz CT molecular complexity index is 745. The summed E-state index contributed by atoms with van der Waals surface area (Å²) in [6.07, 6.45) is 5.42. The number of ether oxygens (including phenoxy) is 1. The highest BCUT2D eigenvalue weighted by molar-refractivity contribution is 7.91. The molecule has 1 aromatic carbocycles. The van der Waals surface area contributed by atoms with Crippen molar-refractivity contribution in [3.8, 4) is 5.88 Å². The molecule has 2 rings (SSSR count). The third-order valence-corrected chi connectivity index (χ3v) is 5.37. The Kier molecular flexibility index (Phi) is 7.20. The molecule has 0 radical (unpaired) electrons. The third kappa shape index (κ3) is 5.17. The quantitative estimate of drug-likeness (QED) is 0.474. The minimum absolute atomic E-state index is 0.0310. The zero-order valence-electron chi connectivity index (χ0n) is 13.8. The van der Waals surface area contributed by atoms with E-state index >= 15 is 0 Å². The molecule has 0 spiro atoms. The van der Waals surface area contributed by atoms with Gasteiger partial charge in [-0.25, -0.2) is 8.42 Å². The SMILES string of the molecule is O=S(=O)(c1ccccc1)c1c(OCCCCCCCCO)no[n+]1[O-]. The summed E-state index contributed by atoms with van der Waals surface area (Å²) in [5.74, 6) is -0.320. The molecule has 0 saturated carbocycles. The maximum absolute atomic E-state index is 12.6. The van der Waals surface area contributed by atoms with Gasteiger partial charge in [-0.2, -0.15) is 0 Å². The van der Waals surface area contributed by atoms with Crippen LogP contribution >= 0.6 is 0 Å². The van der Waals surface area contributed by atoms with Crippen LogP contribution in [0.1, 0.15) is 38.5 Å². The van der Waals surface area contributed by atoms with Crippen molar-refractivity contribution in [2.75, 3.05) is 13.2 Å². The van der Waals surface area contributed by atoms with E-state index in [1.807, 2.05) is 0 Å². The molecule has 9 heteroatoms. The topological polar surface area (TPSA) is 117 Å². The van der Waals surface area contributed by atoms with E-state index in [0.29, 0.717) is 6.42 Å². The van der Waals surface area contributed by atoms with E-state index in [4.69, 9.17) is 9.84 Å². The number of unbranched alkanes of at least 4 members (excludes halogenated alkanes) is 5. The summed E-state index contributed by atoms with van der Waals surface area (Å²) in [5.41, 5.74) is 0. The average molecular weight is 370 g/mol. The molecule has 0 aliphatic carbocycles. The Morgan fingerprint density at radius 3 is 2.40 bits per heavy atom. The van der Waals surface area contributed by atoms with Crippen molar-refractivity contribution >= 4 is 9.84 Å². The summed E-state index contributed by atoms with van der Waals surface area (Å²) in [5, 5.41) is 23.2. The maximum atomic E-state index is 12.6. The fourth-order valence-corrected chi connectivity index (χ4v) is 3.62. The monoisotopic (exact) mass is 370 g/mol. The third-order valence-electron chi connectivity index (χ3n) is 3.65. The van der Waals surface area contributed by atoms with Gasteiger partial charge >= 0.3 is 10.9 Å². The van der Waals surface area contributed by atoms with Gasteiger partial charge in [-0.3, -0.25) is 4.63 Å². The fourth-order valence-electron chi connectivity index (χ4n) is 2.33. The highest BCUT2D eigenvalue weighted by Crippen LogP contribution is 2.25. The molecular formula is C16H22N2O6S. The Labute approximate surface area is 146 Å². The molecule has 25 heavy (non-hydrogen) atoms. The van der Waals surface area contributed by atoms with Gasteiger partial charge in [-0.05, 0) is 29.9 Å². The predicted molar refractivity (Wildman–Crippen MR) is 87.6 cm³/mol. The lowest BCUT2D eigenvalue weighted by molar-refractivity contribution is -0.832. The van der Waals surface area contributed by atoms with Crippen LogP contribution in [0.2, 0.25) is 0 Å². The van der Waals surface area contributed by atoms with E-state index in [0.717, 1.165) is 32.1 Å². The van der Waals surface area contributed by atoms with Crippen molar-refractivity contribution in [2.45, 2.75) is 48.4 Å². The lowest BCUT2D eigenvalue weighted by Crippen LogP contribution is -2.30. The van der Waals surface area contributed by atoms with Crippen LogP contribution < -0.4 is 9.64 Å². The van der Waals surface area contributed by atoms with E-state index < -0.39 is 14.9 Å². The Balaban J connectivity index is 1.94. The summed E-state index contributed by atoms with van der Waals surface area (Å²) in [7, 11) is -4.07. The number of sulfone groups is 1. The normalized spacial score (nSPS) is 11.6. The second-order valence-corrected chi connectivity index (χ2v) is 7.42. The molecule has 1 N–H and O–H groups in total. The van der Waals surface area contributed by atoms with Gasteiger partial charge in [0.25, 0.3) is 9.84 Å². The van der Waals surface area contributed by atoms with Gasteiger partial charge in [-0.1, -0.05) is 43.9 Å². The first kappa shape index (κ1) is 19.2. The molecule has 0 amide bonds. The lowest BCUT2D eigenvalue weighted by Gasteiger charge is -2.03. The predicted octanol–water partition coefficient (Wildman–Crippen LogP) is 1.85. The molecule has 0 unspecified atom stereocenters. The second-order valence-electron chi connectivity index (χ2n) is 5.55. The van der Waals surface area contributed by atoms with E-state index in [9.17, 15) is 13.6 Å². The molecule has 0 aliphatic rings. The number of rotatable bonds is 11. The van der Waals surface area contributed by atoms with Gasteiger partial charge in [-0.15, -0.1) is 0 Å². The maximum Gasteiger partial charge on any atom is 0.414 e. The first-order valence-electron chi connectivity index (χ1n) is 8.21. The van der Waals surface area contributed by atoms with Crippen LogP contribution in [0.3, 0.4) is 0 Å². The smallest absolute Gasteiger partial charge is 0.414 e. The van der Waals surface area contributed by atoms with Gasteiger partial charge in [0.2, 0.25) is 0 Å². The first-order chi connectivity index (χ1) is 12.1. The van der Waals surface area contributed by atoms with E-state index in [-0.39, 0.29) is 28.9 Å². The zero-order valence-corrected chi connectivity index (χ0v) is 14.7. The summed E-state index contributed by atoms with van der Waals surface area (Å²) < 4.78 is 34.9. The largest absolute Gasteiger partial charge is 0.454 e. The van der Waals surface area contributed by atoms with Gasteiger partial charge in [0.1, 0.15) is 0 Å². The number of hydrogen-bond acceptors (Lipinski definition) is 7. The fraction of sp³-hybridized carbons (Fsp3) is 0.500. The van der Waals surface area contributed by atoms with Crippen LogP contribution in [-0.2, 0) is 9.84 Å².